The van der Waals surface area contributed by atoms with Crippen LogP contribution in [-0.4, -0.2) is 90.9 Å². The quantitative estimate of drug-likeness (QED) is 0.325. The largest absolute Gasteiger partial charge is 0.494 e. The van der Waals surface area contributed by atoms with Gasteiger partial charge in [-0.2, -0.15) is 0 Å². The Morgan fingerprint density at radius 3 is 2.53 bits per heavy atom. The molecule has 2 aliphatic carbocycles. The first-order chi connectivity index (χ1) is 25.9. The van der Waals surface area contributed by atoms with E-state index >= 15 is 4.39 Å². The number of methoxy groups -OCH3 is 1. The molecule has 0 spiro atoms. The van der Waals surface area contributed by atoms with Gasteiger partial charge in [-0.1, -0.05) is 26.0 Å². The lowest BCUT2D eigenvalue weighted by molar-refractivity contribution is -0.143. The fraction of sp³-hybridized carbons (Fsp3) is 0.615. The Bertz CT molecular complexity index is 1970. The first-order valence-corrected chi connectivity index (χ1v) is 20.6. The van der Waals surface area contributed by atoms with E-state index in [9.17, 15) is 27.6 Å². The molecule has 300 valence electrons. The highest BCUT2D eigenvalue weighted by molar-refractivity contribution is 7.91. The minimum Gasteiger partial charge on any atom is -0.494 e. The van der Waals surface area contributed by atoms with Gasteiger partial charge in [0, 0.05) is 35.9 Å². The predicted octanol–water partition coefficient (Wildman–Crippen LogP) is 4.37. The van der Waals surface area contributed by atoms with Crippen molar-refractivity contribution in [2.75, 3.05) is 20.2 Å². The van der Waals surface area contributed by atoms with Crippen molar-refractivity contribution in [3.05, 3.63) is 42.4 Å². The molecule has 2 saturated carbocycles. The molecule has 14 nitrogen and oxygen atoms in total. The number of amides is 4. The predicted molar refractivity (Wildman–Crippen MR) is 201 cm³/mol. The number of halogens is 1. The maximum atomic E-state index is 15.2. The van der Waals surface area contributed by atoms with Crippen molar-refractivity contribution < 1.29 is 46.2 Å². The van der Waals surface area contributed by atoms with Crippen LogP contribution in [0.15, 0.2) is 36.5 Å². The smallest absolute Gasteiger partial charge is 0.407 e. The van der Waals surface area contributed by atoms with Gasteiger partial charge < -0.3 is 29.7 Å². The average molecular weight is 786 g/mol. The number of nitrogens with one attached hydrogen (secondary N) is 3. The zero-order chi connectivity index (χ0) is 39.9. The van der Waals surface area contributed by atoms with Crippen LogP contribution in [0.2, 0.25) is 0 Å². The van der Waals surface area contributed by atoms with Crippen molar-refractivity contribution >= 4 is 44.6 Å². The number of allylic oxidation sites excluding steroid dienone is 1. The fourth-order valence-corrected chi connectivity index (χ4v) is 9.10. The third-order valence-corrected chi connectivity index (χ3v) is 12.8. The highest BCUT2D eigenvalue weighted by Gasteiger charge is 2.62. The number of ether oxygens (including phenoxy) is 3. The zero-order valence-electron chi connectivity index (χ0n) is 32.2. The third kappa shape index (κ3) is 9.00. The van der Waals surface area contributed by atoms with Gasteiger partial charge in [-0.05, 0) is 89.3 Å². The minimum atomic E-state index is -3.92. The first-order valence-electron chi connectivity index (χ1n) is 19.0. The Morgan fingerprint density at radius 2 is 1.84 bits per heavy atom. The van der Waals surface area contributed by atoms with Gasteiger partial charge in [0.1, 0.15) is 23.3 Å². The van der Waals surface area contributed by atoms with Crippen LogP contribution in [0.25, 0.3) is 10.8 Å². The third-order valence-electron chi connectivity index (χ3n) is 11.0. The molecule has 0 radical (unpaired) electrons. The number of rotatable bonds is 8. The number of alkyl carbamates (subject to hydrolysis) is 1. The summed E-state index contributed by atoms with van der Waals surface area (Å²) < 4.78 is 60.1. The van der Waals surface area contributed by atoms with Gasteiger partial charge in [0.05, 0.1) is 24.8 Å². The molecule has 1 aromatic heterocycles. The summed E-state index contributed by atoms with van der Waals surface area (Å²) >= 11 is 0. The number of carbonyl (C=O) groups is 4. The van der Waals surface area contributed by atoms with Gasteiger partial charge in [0.15, 0.2) is 11.6 Å². The second kappa shape index (κ2) is 15.6. The van der Waals surface area contributed by atoms with E-state index in [2.05, 4.69) is 27.3 Å². The maximum Gasteiger partial charge on any atom is 0.407 e. The van der Waals surface area contributed by atoms with Crippen LogP contribution in [0.5, 0.6) is 11.6 Å². The summed E-state index contributed by atoms with van der Waals surface area (Å²) in [6, 6.07) is 3.43. The molecule has 7 unspecified atom stereocenters. The molecule has 16 heteroatoms. The van der Waals surface area contributed by atoms with Crippen LogP contribution >= 0.6 is 0 Å². The lowest BCUT2D eigenvalue weighted by atomic mass is 9.83. The monoisotopic (exact) mass is 785 g/mol. The van der Waals surface area contributed by atoms with E-state index in [0.29, 0.717) is 31.1 Å². The second-order valence-electron chi connectivity index (χ2n) is 16.5. The van der Waals surface area contributed by atoms with Crippen LogP contribution in [0, 0.1) is 29.5 Å². The summed E-state index contributed by atoms with van der Waals surface area (Å²) in [6.45, 7) is 9.13. The number of sulfonamides is 1. The van der Waals surface area contributed by atoms with E-state index in [0.717, 1.165) is 6.42 Å². The molecule has 7 atom stereocenters. The number of carbonyl (C=O) groups excluding carboxylic acids is 4. The van der Waals surface area contributed by atoms with E-state index in [4.69, 9.17) is 14.2 Å². The van der Waals surface area contributed by atoms with Crippen molar-refractivity contribution in [3.8, 4) is 11.6 Å². The Morgan fingerprint density at radius 1 is 1.09 bits per heavy atom. The van der Waals surface area contributed by atoms with Gasteiger partial charge in [-0.15, -0.1) is 0 Å². The molecule has 4 aliphatic rings. The lowest BCUT2D eigenvalue weighted by Gasteiger charge is -2.33. The molecule has 1 saturated heterocycles. The van der Waals surface area contributed by atoms with E-state index in [1.807, 2.05) is 19.1 Å². The minimum absolute atomic E-state index is 0.0101. The van der Waals surface area contributed by atoms with Gasteiger partial charge in [0.2, 0.25) is 27.7 Å². The summed E-state index contributed by atoms with van der Waals surface area (Å²) in [5.74, 6) is -3.59. The Labute approximate surface area is 321 Å². The zero-order valence-corrected chi connectivity index (χ0v) is 33.0. The molecule has 2 aromatic rings. The molecule has 55 heavy (non-hydrogen) atoms. The van der Waals surface area contributed by atoms with Crippen LogP contribution in [-0.2, 0) is 29.1 Å². The van der Waals surface area contributed by atoms with E-state index < -0.39 is 80.0 Å². The fourth-order valence-electron chi connectivity index (χ4n) is 7.73. The highest BCUT2D eigenvalue weighted by Crippen LogP contribution is 2.46. The maximum absolute atomic E-state index is 15.2. The first kappa shape index (κ1) is 40.2. The lowest BCUT2D eigenvalue weighted by Crippen LogP contribution is -2.57. The standard InChI is InChI=1S/C39H52FN5O9S/c1-22-9-7-8-10-24-19-39(24,36(48)44-55(50,51)26-11-12-26)43-33(46)30-18-25(53-34-28-13-14-31(52-6)32(40)27(28)15-16-41-34)21-45(30)35(47)29(23(2)17-22)20-42-37(49)54-38(3,4)5/h8,10,13-16,22-26,29-30H,7,9,11-12,17-21H2,1-6H3,(H,42,49)(H,43,46)(H,44,48). The normalized spacial score (nSPS) is 28.9. The number of nitrogens with zero attached hydrogens (tertiary/aromatic N) is 2. The van der Waals surface area contributed by atoms with Crippen molar-refractivity contribution in [1.29, 1.82) is 0 Å². The van der Waals surface area contributed by atoms with Crippen LogP contribution in [0.3, 0.4) is 0 Å². The van der Waals surface area contributed by atoms with Crippen molar-refractivity contribution in [2.24, 2.45) is 23.7 Å². The number of hydrogen-bond acceptors (Lipinski definition) is 10. The number of benzene rings is 1. The van der Waals surface area contributed by atoms with Gasteiger partial charge in [-0.25, -0.2) is 22.6 Å². The molecule has 3 heterocycles. The average Bonchev–Trinajstić information content (AvgIpc) is 4.03. The number of hydrogen-bond donors (Lipinski definition) is 3. The summed E-state index contributed by atoms with van der Waals surface area (Å²) in [7, 11) is -2.55. The van der Waals surface area contributed by atoms with Crippen LogP contribution in [0.1, 0.15) is 79.6 Å². The van der Waals surface area contributed by atoms with Crippen LogP contribution in [0.4, 0.5) is 9.18 Å². The molecule has 2 aliphatic heterocycles. The number of aromatic nitrogens is 1. The van der Waals surface area contributed by atoms with Crippen LogP contribution < -0.4 is 24.8 Å². The van der Waals surface area contributed by atoms with Gasteiger partial charge >= 0.3 is 6.09 Å². The summed E-state index contributed by atoms with van der Waals surface area (Å²) in [6.07, 6.45) is 6.93. The van der Waals surface area contributed by atoms with E-state index in [-0.39, 0.29) is 54.8 Å². The van der Waals surface area contributed by atoms with Crippen molar-refractivity contribution in [2.45, 2.75) is 108 Å². The molecule has 6 rings (SSSR count). The molecular formula is C39H52FN5O9S. The Balaban J connectivity index is 1.34. The number of fused-ring (bicyclic) bond motifs is 3. The second-order valence-corrected chi connectivity index (χ2v) is 18.5. The molecule has 0 bridgehead atoms. The molecule has 3 N–H and O–H groups in total. The van der Waals surface area contributed by atoms with Crippen molar-refractivity contribution in [1.82, 2.24) is 25.2 Å². The van der Waals surface area contributed by atoms with E-state index in [1.165, 1.54) is 30.3 Å². The molecule has 1 aromatic carbocycles. The summed E-state index contributed by atoms with van der Waals surface area (Å²) in [5.41, 5.74) is -2.30. The summed E-state index contributed by atoms with van der Waals surface area (Å²) in [5, 5.41) is 5.56. The number of pyridine rings is 1. The van der Waals surface area contributed by atoms with Gasteiger partial charge in [-0.3, -0.25) is 19.1 Å². The Hall–Kier alpha value is -4.47. The Kier molecular flexibility index (Phi) is 11.4. The highest BCUT2D eigenvalue weighted by atomic mass is 32.2. The molecular weight excluding hydrogens is 734 g/mol. The van der Waals surface area contributed by atoms with Gasteiger partial charge in [0.25, 0.3) is 5.91 Å². The molecule has 3 fully saturated rings. The molecule has 4 amide bonds. The SMILES string of the molecule is COc1ccc2c(OC3CC4C(=O)NC5(C(=O)NS(=O)(=O)C6CC6)CC5C=CCCC(C)CC(C)C(CNC(=O)OC(C)(C)C)C(=O)N4C3)nccc2c1F. The summed E-state index contributed by atoms with van der Waals surface area (Å²) in [4.78, 5) is 61.5. The van der Waals surface area contributed by atoms with E-state index in [1.54, 1.807) is 26.8 Å². The topological polar surface area (TPSA) is 182 Å². The van der Waals surface area contributed by atoms with Crippen molar-refractivity contribution in [3.63, 3.8) is 0 Å².